The van der Waals surface area contributed by atoms with Crippen LogP contribution in [0.3, 0.4) is 0 Å². The Hall–Kier alpha value is -6.48. The minimum atomic E-state index is -4.42. The first kappa shape index (κ1) is 44.6. The first-order valence-corrected chi connectivity index (χ1v) is 22.2. The van der Waals surface area contributed by atoms with Crippen molar-refractivity contribution in [3.8, 4) is 22.8 Å². The quantitative estimate of drug-likeness (QED) is 0.111. The highest BCUT2D eigenvalue weighted by Crippen LogP contribution is 2.45. The SMILES string of the molecule is C=CC1CC1(NC(=O)C1CC(Oc2cc(-c3ccccc3)nc3cc(OC)ccc23)CN1C(=O)C(NC(=O)OC(C)(C)C)C(C)(C)C)C(=O)NS(=O)(=O)c1cccc2ccccc12. The van der Waals surface area contributed by atoms with E-state index in [0.29, 0.717) is 38.9 Å². The van der Waals surface area contributed by atoms with Gasteiger partial charge in [-0.1, -0.05) is 93.6 Å². The lowest BCUT2D eigenvalue weighted by molar-refractivity contribution is -0.143. The molecule has 0 spiro atoms. The molecule has 5 aromatic rings. The molecule has 1 saturated carbocycles. The molecule has 4 amide bonds. The van der Waals surface area contributed by atoms with Crippen molar-refractivity contribution < 1.29 is 41.8 Å². The number of carbonyl (C=O) groups is 4. The van der Waals surface area contributed by atoms with Gasteiger partial charge in [-0.2, -0.15) is 0 Å². The number of aromatic nitrogens is 1. The predicted octanol–water partition coefficient (Wildman–Crippen LogP) is 6.92. The molecule has 1 saturated heterocycles. The molecule has 0 bridgehead atoms. The molecule has 2 heterocycles. The Bertz CT molecular complexity index is 2710. The molecule has 3 N–H and O–H groups in total. The number of rotatable bonds is 12. The molecule has 330 valence electrons. The van der Waals surface area contributed by atoms with Crippen molar-refractivity contribution in [1.29, 1.82) is 0 Å². The maximum absolute atomic E-state index is 14.8. The Labute approximate surface area is 367 Å². The third-order valence-corrected chi connectivity index (χ3v) is 12.7. The molecule has 4 aromatic carbocycles. The van der Waals surface area contributed by atoms with Gasteiger partial charge in [0.05, 0.1) is 29.8 Å². The van der Waals surface area contributed by atoms with Gasteiger partial charge >= 0.3 is 6.09 Å². The summed E-state index contributed by atoms with van der Waals surface area (Å²) < 4.78 is 47.6. The van der Waals surface area contributed by atoms with E-state index in [0.717, 1.165) is 5.56 Å². The number of hydrogen-bond donors (Lipinski definition) is 3. The first-order chi connectivity index (χ1) is 29.7. The van der Waals surface area contributed by atoms with Gasteiger partial charge in [-0.25, -0.2) is 22.9 Å². The summed E-state index contributed by atoms with van der Waals surface area (Å²) in [5.41, 5.74) is -1.36. The zero-order chi connectivity index (χ0) is 45.5. The second-order valence-electron chi connectivity index (χ2n) is 18.1. The second kappa shape index (κ2) is 17.0. The molecule has 15 heteroatoms. The van der Waals surface area contributed by atoms with Gasteiger partial charge in [-0.3, -0.25) is 14.4 Å². The largest absolute Gasteiger partial charge is 0.497 e. The number of fused-ring (bicyclic) bond motifs is 2. The van der Waals surface area contributed by atoms with Crippen LogP contribution in [0, 0.1) is 11.3 Å². The van der Waals surface area contributed by atoms with Gasteiger partial charge in [0, 0.05) is 40.8 Å². The number of sulfonamides is 1. The summed E-state index contributed by atoms with van der Waals surface area (Å²) in [5.74, 6) is -1.81. The van der Waals surface area contributed by atoms with Crippen molar-refractivity contribution in [2.75, 3.05) is 13.7 Å². The number of nitrogens with one attached hydrogen (secondary N) is 3. The van der Waals surface area contributed by atoms with E-state index in [-0.39, 0.29) is 24.3 Å². The molecule has 14 nitrogen and oxygen atoms in total. The highest BCUT2D eigenvalue weighted by Gasteiger charge is 2.61. The van der Waals surface area contributed by atoms with Gasteiger partial charge in [0.1, 0.15) is 40.8 Å². The molecule has 5 atom stereocenters. The summed E-state index contributed by atoms with van der Waals surface area (Å²) in [4.78, 5) is 63.0. The van der Waals surface area contributed by atoms with Crippen molar-refractivity contribution in [1.82, 2.24) is 25.2 Å². The molecule has 2 fully saturated rings. The average molecular weight is 876 g/mol. The number of likely N-dealkylation sites (tertiary alicyclic amines) is 1. The molecular formula is C48H53N5O9S. The lowest BCUT2D eigenvalue weighted by Gasteiger charge is -2.36. The van der Waals surface area contributed by atoms with E-state index < -0.39 is 74.5 Å². The summed E-state index contributed by atoms with van der Waals surface area (Å²) in [7, 11) is -2.85. The van der Waals surface area contributed by atoms with Crippen LogP contribution in [0.4, 0.5) is 4.79 Å². The van der Waals surface area contributed by atoms with Crippen LogP contribution in [0.5, 0.6) is 11.5 Å². The smallest absolute Gasteiger partial charge is 0.408 e. The fourth-order valence-electron chi connectivity index (χ4n) is 7.99. The molecular weight excluding hydrogens is 823 g/mol. The molecule has 2 aliphatic rings. The van der Waals surface area contributed by atoms with Gasteiger partial charge in [0.25, 0.3) is 15.9 Å². The third-order valence-electron chi connectivity index (χ3n) is 11.3. The highest BCUT2D eigenvalue weighted by atomic mass is 32.2. The monoisotopic (exact) mass is 875 g/mol. The number of benzene rings is 4. The van der Waals surface area contributed by atoms with Crippen molar-refractivity contribution in [3.63, 3.8) is 0 Å². The fourth-order valence-corrected chi connectivity index (χ4v) is 9.26. The molecule has 0 radical (unpaired) electrons. The van der Waals surface area contributed by atoms with E-state index in [1.807, 2.05) is 36.4 Å². The van der Waals surface area contributed by atoms with E-state index in [9.17, 15) is 27.6 Å². The van der Waals surface area contributed by atoms with Crippen molar-refractivity contribution in [3.05, 3.63) is 110 Å². The topological polar surface area (TPSA) is 182 Å². The van der Waals surface area contributed by atoms with E-state index >= 15 is 0 Å². The Morgan fingerprint density at radius 2 is 1.60 bits per heavy atom. The van der Waals surface area contributed by atoms with E-state index in [1.54, 1.807) is 103 Å². The standard InChI is InChI=1S/C48H53N5O9S/c1-9-31-27-48(31,44(56)52-63(58,59)40-21-15-19-29-16-13-14-20-34(29)40)51-42(54)38-25-33(28-53(38)43(55)41(46(2,3)4)50-45(57)62-47(5,6)7)61-39-26-36(30-17-11-10-12-18-30)49-37-24-32(60-8)22-23-35(37)39/h9-24,26,31,33,38,41H,1,25,27-28H2,2-8H3,(H,50,57)(H,51,54)(H,52,56). The summed E-state index contributed by atoms with van der Waals surface area (Å²) in [6, 6.07) is 26.0. The van der Waals surface area contributed by atoms with Gasteiger partial charge < -0.3 is 29.7 Å². The van der Waals surface area contributed by atoms with Crippen LogP contribution >= 0.6 is 0 Å². The van der Waals surface area contributed by atoms with Crippen LogP contribution in [-0.2, 0) is 29.1 Å². The number of ether oxygens (including phenoxy) is 3. The van der Waals surface area contributed by atoms with Crippen molar-refractivity contribution in [2.24, 2.45) is 11.3 Å². The maximum Gasteiger partial charge on any atom is 0.408 e. The Morgan fingerprint density at radius 3 is 2.27 bits per heavy atom. The van der Waals surface area contributed by atoms with Crippen LogP contribution in [0.1, 0.15) is 54.4 Å². The summed E-state index contributed by atoms with van der Waals surface area (Å²) >= 11 is 0. The number of hydrogen-bond acceptors (Lipinski definition) is 10. The molecule has 7 rings (SSSR count). The predicted molar refractivity (Wildman–Crippen MR) is 239 cm³/mol. The van der Waals surface area contributed by atoms with Crippen LogP contribution in [-0.4, -0.2) is 85.1 Å². The minimum absolute atomic E-state index is 0.0216. The first-order valence-electron chi connectivity index (χ1n) is 20.7. The van der Waals surface area contributed by atoms with Crippen LogP contribution in [0.25, 0.3) is 32.9 Å². The van der Waals surface area contributed by atoms with Gasteiger partial charge in [0.15, 0.2) is 0 Å². The minimum Gasteiger partial charge on any atom is -0.497 e. The van der Waals surface area contributed by atoms with Crippen LogP contribution < -0.4 is 24.8 Å². The van der Waals surface area contributed by atoms with Crippen molar-refractivity contribution in [2.45, 2.75) is 88.6 Å². The zero-order valence-electron chi connectivity index (χ0n) is 36.4. The Morgan fingerprint density at radius 1 is 0.905 bits per heavy atom. The lowest BCUT2D eigenvalue weighted by Crippen LogP contribution is -2.60. The van der Waals surface area contributed by atoms with Gasteiger partial charge in [-0.05, 0) is 56.2 Å². The summed E-state index contributed by atoms with van der Waals surface area (Å²) in [6.45, 7) is 14.2. The lowest BCUT2D eigenvalue weighted by atomic mass is 9.85. The molecule has 1 aromatic heterocycles. The fraction of sp³-hybridized carbons (Fsp3) is 0.354. The Kier molecular flexibility index (Phi) is 12.0. The normalized spacial score (nSPS) is 20.4. The second-order valence-corrected chi connectivity index (χ2v) is 19.8. The highest BCUT2D eigenvalue weighted by molar-refractivity contribution is 7.90. The van der Waals surface area contributed by atoms with E-state index in [4.69, 9.17) is 19.2 Å². The number of alkyl carbamates (subject to hydrolysis) is 1. The zero-order valence-corrected chi connectivity index (χ0v) is 37.2. The summed E-state index contributed by atoms with van der Waals surface area (Å²) in [6.07, 6.45) is -0.0481. The molecule has 63 heavy (non-hydrogen) atoms. The molecule has 5 unspecified atom stereocenters. The number of carbonyl (C=O) groups excluding carboxylic acids is 4. The van der Waals surface area contributed by atoms with Gasteiger partial charge in [-0.15, -0.1) is 6.58 Å². The maximum atomic E-state index is 14.8. The Balaban J connectivity index is 1.22. The van der Waals surface area contributed by atoms with E-state index in [2.05, 4.69) is 21.9 Å². The number of amides is 4. The van der Waals surface area contributed by atoms with Gasteiger partial charge in [0.2, 0.25) is 11.8 Å². The van der Waals surface area contributed by atoms with Crippen LogP contribution in [0.15, 0.2) is 115 Å². The molecule has 1 aliphatic carbocycles. The molecule has 1 aliphatic heterocycles. The van der Waals surface area contributed by atoms with E-state index in [1.165, 1.54) is 17.0 Å². The summed E-state index contributed by atoms with van der Waals surface area (Å²) in [5, 5.41) is 7.33. The van der Waals surface area contributed by atoms with Crippen molar-refractivity contribution >= 4 is 55.5 Å². The number of methoxy groups -OCH3 is 1. The average Bonchev–Trinajstić information content (AvgIpc) is 3.79. The van der Waals surface area contributed by atoms with Crippen LogP contribution in [0.2, 0.25) is 0 Å². The third kappa shape index (κ3) is 9.48. The number of nitrogens with zero attached hydrogens (tertiary/aromatic N) is 2. The number of pyridine rings is 1.